The van der Waals surface area contributed by atoms with E-state index < -0.39 is 0 Å². The summed E-state index contributed by atoms with van der Waals surface area (Å²) in [4.78, 5) is 26.2. The quantitative estimate of drug-likeness (QED) is 0.370. The number of nitrogens with one attached hydrogen (secondary N) is 3. The Hall–Kier alpha value is -3.56. The molecule has 34 heavy (non-hydrogen) atoms. The van der Waals surface area contributed by atoms with E-state index in [1.807, 2.05) is 24.4 Å². The molecular weight excluding hydrogens is 426 g/mol. The summed E-state index contributed by atoms with van der Waals surface area (Å²) in [6.45, 7) is 11.2. The lowest BCUT2D eigenvalue weighted by Crippen LogP contribution is -2.42. The zero-order valence-corrected chi connectivity index (χ0v) is 19.8. The fraction of sp³-hybridized carbons (Fsp3) is 0.360. The van der Waals surface area contributed by atoms with Crippen molar-refractivity contribution in [2.75, 3.05) is 49.5 Å². The van der Waals surface area contributed by atoms with Crippen molar-refractivity contribution in [2.45, 2.75) is 20.4 Å². The van der Waals surface area contributed by atoms with Gasteiger partial charge < -0.3 is 20.5 Å². The fourth-order valence-electron chi connectivity index (χ4n) is 4.34. The van der Waals surface area contributed by atoms with Gasteiger partial charge in [0.25, 0.3) is 0 Å². The van der Waals surface area contributed by atoms with E-state index in [0.29, 0.717) is 5.95 Å². The van der Waals surface area contributed by atoms with Crippen molar-refractivity contribution >= 4 is 28.6 Å². The molecule has 3 aromatic heterocycles. The Labute approximate surface area is 199 Å². The van der Waals surface area contributed by atoms with Crippen LogP contribution < -0.4 is 15.5 Å². The number of H-pyrrole nitrogens is 1. The third kappa shape index (κ3) is 5.00. The van der Waals surface area contributed by atoms with E-state index in [1.54, 1.807) is 6.33 Å². The lowest BCUT2D eigenvalue weighted by Gasteiger charge is -2.27. The number of rotatable bonds is 8. The second-order valence-electron chi connectivity index (χ2n) is 8.45. The fourth-order valence-corrected chi connectivity index (χ4v) is 4.34. The van der Waals surface area contributed by atoms with E-state index in [2.05, 4.69) is 72.4 Å². The second kappa shape index (κ2) is 10.1. The molecule has 1 fully saturated rings. The summed E-state index contributed by atoms with van der Waals surface area (Å²) < 4.78 is 0. The normalized spacial score (nSPS) is 14.4. The van der Waals surface area contributed by atoms with Crippen molar-refractivity contribution in [3.8, 4) is 11.3 Å². The summed E-state index contributed by atoms with van der Waals surface area (Å²) in [6, 6.07) is 12.4. The lowest BCUT2D eigenvalue weighted by atomic mass is 10.1. The molecule has 1 aromatic carbocycles. The first-order valence-electron chi connectivity index (χ1n) is 11.9. The number of imidazole rings is 1. The highest BCUT2D eigenvalue weighted by atomic mass is 15.2. The number of pyridine rings is 1. The van der Waals surface area contributed by atoms with Gasteiger partial charge in [0.05, 0.1) is 16.7 Å². The number of nitrogens with zero attached hydrogens (tertiary/aromatic N) is 6. The topological polar surface area (TPSA) is 97.9 Å². The van der Waals surface area contributed by atoms with Gasteiger partial charge in [-0.2, -0.15) is 0 Å². The van der Waals surface area contributed by atoms with Crippen molar-refractivity contribution in [3.63, 3.8) is 0 Å². The predicted molar refractivity (Wildman–Crippen MR) is 136 cm³/mol. The Morgan fingerprint density at radius 3 is 2.68 bits per heavy atom. The Morgan fingerprint density at radius 1 is 1.00 bits per heavy atom. The molecule has 1 aliphatic rings. The van der Waals surface area contributed by atoms with E-state index in [9.17, 15) is 0 Å². The molecule has 0 bridgehead atoms. The number of aromatic nitrogens is 5. The van der Waals surface area contributed by atoms with E-state index in [4.69, 9.17) is 4.98 Å². The van der Waals surface area contributed by atoms with Crippen molar-refractivity contribution in [2.24, 2.45) is 0 Å². The first-order valence-corrected chi connectivity index (χ1v) is 11.9. The number of anilines is 3. The number of hydrogen-bond donors (Lipinski definition) is 3. The number of hydrogen-bond acceptors (Lipinski definition) is 8. The van der Waals surface area contributed by atoms with Crippen LogP contribution in [0.4, 0.5) is 17.6 Å². The summed E-state index contributed by atoms with van der Waals surface area (Å²) in [6.07, 6.45) is 3.48. The molecule has 0 aliphatic carbocycles. The first kappa shape index (κ1) is 22.2. The largest absolute Gasteiger partial charge is 0.357 e. The van der Waals surface area contributed by atoms with Crippen molar-refractivity contribution in [1.29, 1.82) is 0 Å². The van der Waals surface area contributed by atoms with Crippen LogP contribution in [-0.2, 0) is 6.54 Å². The molecule has 3 N–H and O–H groups in total. The molecule has 5 rings (SSSR count). The Kier molecular flexibility index (Phi) is 6.64. The van der Waals surface area contributed by atoms with Gasteiger partial charge in [-0.3, -0.25) is 4.90 Å². The van der Waals surface area contributed by atoms with Gasteiger partial charge in [-0.1, -0.05) is 6.07 Å². The smallest absolute Gasteiger partial charge is 0.206 e. The van der Waals surface area contributed by atoms with Crippen LogP contribution in [0.25, 0.3) is 22.3 Å². The van der Waals surface area contributed by atoms with Gasteiger partial charge in [0.15, 0.2) is 0 Å². The van der Waals surface area contributed by atoms with Crippen molar-refractivity contribution < 1.29 is 0 Å². The molecule has 0 amide bonds. The molecule has 0 spiro atoms. The van der Waals surface area contributed by atoms with Gasteiger partial charge in [-0.25, -0.2) is 19.9 Å². The second-order valence-corrected chi connectivity index (χ2v) is 8.45. The molecular formula is C25H31N9. The standard InChI is InChI=1S/C25H31N9/c1-3-34(4-2)24-15-21(28-17-29-24)19-5-6-20-22(14-19)31-25(30-20)32-23-13-18(7-8-27-23)16-33-11-9-26-10-12-33/h5-8,13-15,17,26H,3-4,9-12,16H2,1-2H3,(H2,27,30,31,32). The summed E-state index contributed by atoms with van der Waals surface area (Å²) >= 11 is 0. The Bertz CT molecular complexity index is 1240. The molecule has 0 saturated carbocycles. The predicted octanol–water partition coefficient (Wildman–Crippen LogP) is 3.41. The molecule has 0 atom stereocenters. The van der Waals surface area contributed by atoms with Gasteiger partial charge in [-0.15, -0.1) is 0 Å². The highest BCUT2D eigenvalue weighted by Gasteiger charge is 2.12. The third-order valence-electron chi connectivity index (χ3n) is 6.20. The van der Waals surface area contributed by atoms with Gasteiger partial charge in [0.2, 0.25) is 5.95 Å². The maximum atomic E-state index is 4.69. The zero-order chi connectivity index (χ0) is 23.3. The van der Waals surface area contributed by atoms with Crippen LogP contribution >= 0.6 is 0 Å². The van der Waals surface area contributed by atoms with Crippen molar-refractivity contribution in [3.05, 3.63) is 54.5 Å². The van der Waals surface area contributed by atoms with Crippen LogP contribution in [0.2, 0.25) is 0 Å². The van der Waals surface area contributed by atoms with Gasteiger partial charge in [0, 0.05) is 63.6 Å². The van der Waals surface area contributed by atoms with Crippen LogP contribution in [0.1, 0.15) is 19.4 Å². The van der Waals surface area contributed by atoms with Crippen molar-refractivity contribution in [1.82, 2.24) is 35.1 Å². The SMILES string of the molecule is CCN(CC)c1cc(-c2ccc3nc(Nc4cc(CN5CCNCC5)ccn4)[nH]c3c2)ncn1. The summed E-state index contributed by atoms with van der Waals surface area (Å²) in [7, 11) is 0. The number of aromatic amines is 1. The number of benzene rings is 1. The zero-order valence-electron chi connectivity index (χ0n) is 19.8. The van der Waals surface area contributed by atoms with Crippen LogP contribution in [0.3, 0.4) is 0 Å². The van der Waals surface area contributed by atoms with E-state index in [1.165, 1.54) is 5.56 Å². The van der Waals surface area contributed by atoms with Crippen LogP contribution in [0, 0.1) is 0 Å². The van der Waals surface area contributed by atoms with Crippen LogP contribution in [-0.4, -0.2) is 69.1 Å². The molecule has 0 radical (unpaired) electrons. The maximum Gasteiger partial charge on any atom is 0.206 e. The highest BCUT2D eigenvalue weighted by molar-refractivity contribution is 5.83. The minimum atomic E-state index is 0.672. The molecule has 0 unspecified atom stereocenters. The van der Waals surface area contributed by atoms with E-state index in [0.717, 1.165) is 79.7 Å². The van der Waals surface area contributed by atoms with E-state index in [-0.39, 0.29) is 0 Å². The van der Waals surface area contributed by atoms with Gasteiger partial charge in [-0.05, 0) is 43.7 Å². The van der Waals surface area contributed by atoms with Crippen LogP contribution in [0.5, 0.6) is 0 Å². The Balaban J connectivity index is 1.34. The lowest BCUT2D eigenvalue weighted by molar-refractivity contribution is 0.233. The molecule has 9 heteroatoms. The van der Waals surface area contributed by atoms with Gasteiger partial charge >= 0.3 is 0 Å². The number of fused-ring (bicyclic) bond motifs is 1. The monoisotopic (exact) mass is 457 g/mol. The average molecular weight is 458 g/mol. The molecule has 9 nitrogen and oxygen atoms in total. The van der Waals surface area contributed by atoms with E-state index >= 15 is 0 Å². The first-order chi connectivity index (χ1) is 16.7. The summed E-state index contributed by atoms with van der Waals surface area (Å²) in [5.41, 5.74) is 4.99. The average Bonchev–Trinajstić information content (AvgIpc) is 3.27. The maximum absolute atomic E-state index is 4.69. The molecule has 1 saturated heterocycles. The minimum Gasteiger partial charge on any atom is -0.357 e. The Morgan fingerprint density at radius 2 is 1.85 bits per heavy atom. The molecule has 176 valence electrons. The molecule has 4 heterocycles. The highest BCUT2D eigenvalue weighted by Crippen LogP contribution is 2.25. The molecule has 4 aromatic rings. The summed E-state index contributed by atoms with van der Waals surface area (Å²) in [5.74, 6) is 2.39. The summed E-state index contributed by atoms with van der Waals surface area (Å²) in [5, 5.41) is 6.73. The minimum absolute atomic E-state index is 0.672. The van der Waals surface area contributed by atoms with Gasteiger partial charge in [0.1, 0.15) is 18.0 Å². The molecule has 1 aliphatic heterocycles. The number of piperazine rings is 1. The van der Waals surface area contributed by atoms with Crippen LogP contribution in [0.15, 0.2) is 48.9 Å². The third-order valence-corrected chi connectivity index (χ3v) is 6.20.